The molecular formula is C40H29IrN3S-2. The largest absolute Gasteiger partial charge is 0.333 e. The average molecular weight is 779 g/mol. The molecule has 3 nitrogen and oxygen atoms in total. The van der Waals surface area contributed by atoms with Gasteiger partial charge in [0, 0.05) is 36.1 Å². The minimum atomic E-state index is -2.09. The maximum absolute atomic E-state index is 7.23. The van der Waals surface area contributed by atoms with Crippen molar-refractivity contribution in [2.45, 2.75) is 13.8 Å². The van der Waals surface area contributed by atoms with Crippen molar-refractivity contribution in [3.05, 3.63) is 162 Å². The minimum absolute atomic E-state index is 0. The van der Waals surface area contributed by atoms with Crippen LogP contribution in [0, 0.1) is 25.2 Å². The topological polar surface area (TPSA) is 30.7 Å². The van der Waals surface area contributed by atoms with Crippen molar-refractivity contribution in [1.82, 2.24) is 14.5 Å². The van der Waals surface area contributed by atoms with Crippen molar-refractivity contribution in [3.8, 4) is 39.5 Å². The van der Waals surface area contributed by atoms with Crippen LogP contribution < -0.4 is 0 Å². The van der Waals surface area contributed by atoms with Gasteiger partial charge in [0.05, 0.1) is 16.9 Å². The third kappa shape index (κ3) is 6.43. The van der Waals surface area contributed by atoms with Gasteiger partial charge in [-0.1, -0.05) is 100 Å². The van der Waals surface area contributed by atoms with Crippen molar-refractivity contribution in [2.75, 3.05) is 0 Å². The van der Waals surface area contributed by atoms with Gasteiger partial charge in [-0.3, -0.25) is 16.3 Å². The molecule has 45 heavy (non-hydrogen) atoms. The molecular weight excluding hydrogens is 747 g/mol. The van der Waals surface area contributed by atoms with E-state index in [4.69, 9.17) is 9.10 Å². The fraction of sp³-hybridized carbons (Fsp3) is 0.0500. The maximum atomic E-state index is 7.23. The summed E-state index contributed by atoms with van der Waals surface area (Å²) < 4.78 is 25.2. The molecule has 0 aliphatic carbocycles. The number of rotatable bonds is 4. The molecule has 0 atom stereocenters. The standard InChI is InChI=1S/C28H19N2S.C12H10N.Ir/c1-19-10-12-20(13-11-19)21-14-16-22(17-15-21)30-26-8-4-3-7-25(26)29-28(30)24-18-31-27-9-5-2-6-23(24)27;1-10-7-8-12(13-9-10)11-5-3-2-4-6-11;/h2-17H,1H3;2-5,7-9H,1H3;/q2*-1;/i;1D3;. The molecule has 0 fully saturated rings. The molecule has 0 aliphatic rings. The summed E-state index contributed by atoms with van der Waals surface area (Å²) in [6.45, 7) is 0.0235. The molecule has 221 valence electrons. The van der Waals surface area contributed by atoms with Gasteiger partial charge in [-0.25, -0.2) is 0 Å². The summed E-state index contributed by atoms with van der Waals surface area (Å²) >= 11 is 1.65. The Morgan fingerprint density at radius 2 is 1.44 bits per heavy atom. The molecule has 5 aromatic carbocycles. The Balaban J connectivity index is 0.000000201. The number of benzene rings is 5. The number of hydrogen-bond donors (Lipinski definition) is 0. The number of imidazole rings is 1. The molecule has 0 unspecified atom stereocenters. The van der Waals surface area contributed by atoms with Gasteiger partial charge < -0.3 is 9.55 Å². The zero-order chi connectivity index (χ0) is 32.4. The summed E-state index contributed by atoms with van der Waals surface area (Å²) in [5.74, 6) is 0.932. The predicted octanol–water partition coefficient (Wildman–Crippen LogP) is 10.5. The smallest absolute Gasteiger partial charge is 0.0774 e. The van der Waals surface area contributed by atoms with E-state index in [2.05, 4.69) is 119 Å². The molecule has 0 aliphatic heterocycles. The first-order chi connectivity index (χ1) is 22.8. The quantitative estimate of drug-likeness (QED) is 0.167. The van der Waals surface area contributed by atoms with Gasteiger partial charge in [0.15, 0.2) is 0 Å². The first kappa shape index (κ1) is 26.7. The number of thiophene rings is 1. The summed E-state index contributed by atoms with van der Waals surface area (Å²) in [6.07, 6.45) is 1.39. The van der Waals surface area contributed by atoms with Crippen LogP contribution in [-0.4, -0.2) is 14.5 Å². The van der Waals surface area contributed by atoms with Gasteiger partial charge in [-0.05, 0) is 60.4 Å². The van der Waals surface area contributed by atoms with Gasteiger partial charge >= 0.3 is 0 Å². The van der Waals surface area contributed by atoms with Crippen LogP contribution in [0.1, 0.15) is 15.2 Å². The van der Waals surface area contributed by atoms with Crippen molar-refractivity contribution in [2.24, 2.45) is 0 Å². The summed E-state index contributed by atoms with van der Waals surface area (Å²) in [4.78, 5) is 9.13. The summed E-state index contributed by atoms with van der Waals surface area (Å²) in [6, 6.07) is 47.9. The Bertz CT molecular complexity index is 2280. The molecule has 0 amide bonds. The number of aromatic nitrogens is 3. The van der Waals surface area contributed by atoms with E-state index >= 15 is 0 Å². The van der Waals surface area contributed by atoms with E-state index < -0.39 is 6.85 Å². The minimum Gasteiger partial charge on any atom is -0.333 e. The summed E-state index contributed by atoms with van der Waals surface area (Å²) in [5.41, 5.74) is 9.80. The third-order valence-corrected chi connectivity index (χ3v) is 8.34. The fourth-order valence-corrected chi connectivity index (χ4v) is 6.04. The first-order valence-corrected chi connectivity index (χ1v) is 15.1. The number of pyridine rings is 1. The van der Waals surface area contributed by atoms with E-state index in [0.717, 1.165) is 39.4 Å². The van der Waals surface area contributed by atoms with E-state index in [0.29, 0.717) is 0 Å². The molecule has 8 rings (SSSR count). The second-order valence-electron chi connectivity index (χ2n) is 10.5. The Hall–Kier alpha value is -4.67. The summed E-state index contributed by atoms with van der Waals surface area (Å²) in [7, 11) is 0. The molecule has 3 heterocycles. The number of aryl methyl sites for hydroxylation is 2. The number of fused-ring (bicyclic) bond motifs is 2. The molecule has 0 bridgehead atoms. The maximum Gasteiger partial charge on any atom is 0.0774 e. The average Bonchev–Trinajstić information content (AvgIpc) is 3.71. The molecule has 0 saturated heterocycles. The number of hydrogen-bond acceptors (Lipinski definition) is 3. The van der Waals surface area contributed by atoms with Crippen LogP contribution in [0.15, 0.2) is 140 Å². The summed E-state index contributed by atoms with van der Waals surface area (Å²) in [5, 5.41) is 4.70. The molecule has 3 aromatic heterocycles. The van der Waals surface area contributed by atoms with Crippen molar-refractivity contribution in [3.63, 3.8) is 0 Å². The van der Waals surface area contributed by atoms with E-state index in [1.165, 1.54) is 33.0 Å². The van der Waals surface area contributed by atoms with Crippen LogP contribution in [0.3, 0.4) is 0 Å². The first-order valence-electron chi connectivity index (χ1n) is 15.8. The Kier molecular flexibility index (Phi) is 8.03. The van der Waals surface area contributed by atoms with Crippen LogP contribution in [0.2, 0.25) is 0 Å². The van der Waals surface area contributed by atoms with E-state index in [1.54, 1.807) is 29.5 Å². The van der Waals surface area contributed by atoms with Crippen LogP contribution in [-0.2, 0) is 20.1 Å². The van der Waals surface area contributed by atoms with Crippen molar-refractivity contribution in [1.29, 1.82) is 0 Å². The molecule has 0 saturated carbocycles. The molecule has 5 heteroatoms. The molecule has 0 spiro atoms. The van der Waals surface area contributed by atoms with Crippen LogP contribution in [0.4, 0.5) is 0 Å². The van der Waals surface area contributed by atoms with Crippen molar-refractivity contribution < 1.29 is 24.2 Å². The molecule has 0 N–H and O–H groups in total. The number of nitrogens with zero attached hydrogens (tertiary/aromatic N) is 3. The zero-order valence-corrected chi connectivity index (χ0v) is 27.6. The van der Waals surface area contributed by atoms with Gasteiger partial charge in [0.1, 0.15) is 0 Å². The van der Waals surface area contributed by atoms with Crippen LogP contribution in [0.25, 0.3) is 60.6 Å². The van der Waals surface area contributed by atoms with Gasteiger partial charge in [-0.15, -0.1) is 47.3 Å². The number of para-hydroxylation sites is 2. The van der Waals surface area contributed by atoms with Crippen LogP contribution in [0.5, 0.6) is 0 Å². The fourth-order valence-electron chi connectivity index (χ4n) is 5.20. The van der Waals surface area contributed by atoms with E-state index in [9.17, 15) is 0 Å². The van der Waals surface area contributed by atoms with Crippen molar-refractivity contribution >= 4 is 32.5 Å². The van der Waals surface area contributed by atoms with Gasteiger partial charge in [0.2, 0.25) is 0 Å². The van der Waals surface area contributed by atoms with E-state index in [-0.39, 0.29) is 25.7 Å². The zero-order valence-electron chi connectivity index (χ0n) is 27.4. The Morgan fingerprint density at radius 1 is 0.733 bits per heavy atom. The van der Waals surface area contributed by atoms with Gasteiger partial charge in [0.25, 0.3) is 0 Å². The third-order valence-electron chi connectivity index (χ3n) is 7.46. The van der Waals surface area contributed by atoms with Crippen LogP contribution >= 0.6 is 11.3 Å². The normalized spacial score (nSPS) is 12.0. The SMILES string of the molecule is Cc1ccc(-c2ccc(-n3c(-c4[c-]sc5ccccc45)nc4ccccc43)cc2)cc1.[2H]C([2H])([2H])c1ccc(-c2[c-]cccc2)nc1.[Ir]. The second kappa shape index (κ2) is 13.5. The monoisotopic (exact) mass is 779 g/mol. The van der Waals surface area contributed by atoms with Gasteiger partial charge in [-0.2, -0.15) is 0 Å². The Morgan fingerprint density at radius 3 is 2.18 bits per heavy atom. The predicted molar refractivity (Wildman–Crippen MR) is 184 cm³/mol. The molecule has 8 aromatic rings. The van der Waals surface area contributed by atoms with E-state index in [1.807, 2.05) is 24.3 Å². The second-order valence-corrected chi connectivity index (χ2v) is 11.3. The Labute approximate surface area is 285 Å². The molecule has 1 radical (unpaired) electrons.